The van der Waals surface area contributed by atoms with Crippen molar-refractivity contribution in [3.05, 3.63) is 41.4 Å². The van der Waals surface area contributed by atoms with Gasteiger partial charge in [-0.05, 0) is 38.1 Å². The first-order valence-electron chi connectivity index (χ1n) is 11.5. The molecule has 10 nitrogen and oxygen atoms in total. The lowest BCUT2D eigenvalue weighted by molar-refractivity contribution is -0.140. The second-order valence-electron chi connectivity index (χ2n) is 8.61. The van der Waals surface area contributed by atoms with Crippen molar-refractivity contribution >= 4 is 22.9 Å². The first-order chi connectivity index (χ1) is 17.5. The molecule has 3 heterocycles. The standard InChI is InChI=1S/C24H26F3N5O5/c1-13(2)36-23(34)32-10-8-31(9-11-32)22(33)20-17(12-28)37-21(30-20)15-4-6-16(35-3)19-14(15)5-7-18(29-19)24(25,26)27/h4-7,13H,8-12,28H2,1-3H3. The largest absolute Gasteiger partial charge is 0.494 e. The normalized spacial score (nSPS) is 14.4. The van der Waals surface area contributed by atoms with Gasteiger partial charge in [-0.25, -0.2) is 14.8 Å². The van der Waals surface area contributed by atoms with Gasteiger partial charge in [-0.3, -0.25) is 4.79 Å². The zero-order valence-corrected chi connectivity index (χ0v) is 20.5. The maximum absolute atomic E-state index is 13.3. The summed E-state index contributed by atoms with van der Waals surface area (Å²) >= 11 is 0. The summed E-state index contributed by atoms with van der Waals surface area (Å²) in [6, 6.07) is 5.13. The number of rotatable bonds is 5. The van der Waals surface area contributed by atoms with E-state index < -0.39 is 23.9 Å². The lowest BCUT2D eigenvalue weighted by atomic mass is 10.1. The second kappa shape index (κ2) is 10.2. The lowest BCUT2D eigenvalue weighted by Crippen LogP contribution is -2.51. The molecule has 2 aromatic heterocycles. The molecular weight excluding hydrogens is 495 g/mol. The van der Waals surface area contributed by atoms with Crippen molar-refractivity contribution in [2.75, 3.05) is 33.3 Å². The quantitative estimate of drug-likeness (QED) is 0.539. The monoisotopic (exact) mass is 521 g/mol. The summed E-state index contributed by atoms with van der Waals surface area (Å²) in [5, 5.41) is 0.299. The van der Waals surface area contributed by atoms with Gasteiger partial charge >= 0.3 is 12.3 Å². The molecule has 1 aliphatic heterocycles. The molecule has 0 atom stereocenters. The summed E-state index contributed by atoms with van der Waals surface area (Å²) in [6.07, 6.45) is -5.33. The van der Waals surface area contributed by atoms with E-state index in [1.807, 2.05) is 0 Å². The van der Waals surface area contributed by atoms with Gasteiger partial charge in [0.1, 0.15) is 17.0 Å². The third-order valence-corrected chi connectivity index (χ3v) is 5.81. The predicted octanol–water partition coefficient (Wildman–Crippen LogP) is 3.68. The van der Waals surface area contributed by atoms with Gasteiger partial charge in [-0.1, -0.05) is 0 Å². The van der Waals surface area contributed by atoms with Crippen molar-refractivity contribution in [3.63, 3.8) is 0 Å². The first-order valence-corrected chi connectivity index (χ1v) is 11.5. The van der Waals surface area contributed by atoms with Crippen LogP contribution in [-0.2, 0) is 17.5 Å². The maximum atomic E-state index is 13.3. The number of carbonyl (C=O) groups is 2. The molecule has 198 valence electrons. The summed E-state index contributed by atoms with van der Waals surface area (Å²) in [5.74, 6) is -0.147. The lowest BCUT2D eigenvalue weighted by Gasteiger charge is -2.34. The topological polar surface area (TPSA) is 124 Å². The van der Waals surface area contributed by atoms with E-state index in [4.69, 9.17) is 19.6 Å². The average molecular weight is 521 g/mol. The van der Waals surface area contributed by atoms with Crippen molar-refractivity contribution in [1.82, 2.24) is 19.8 Å². The average Bonchev–Trinajstić information content (AvgIpc) is 3.30. The van der Waals surface area contributed by atoms with Crippen LogP contribution in [0.2, 0.25) is 0 Å². The Kier molecular flexibility index (Phi) is 7.25. The fourth-order valence-corrected chi connectivity index (χ4v) is 3.99. The fraction of sp³-hybridized carbons (Fsp3) is 0.417. The van der Waals surface area contributed by atoms with Crippen LogP contribution < -0.4 is 10.5 Å². The number of nitrogens with zero attached hydrogens (tertiary/aromatic N) is 4. The van der Waals surface area contributed by atoms with E-state index >= 15 is 0 Å². The van der Waals surface area contributed by atoms with E-state index in [0.29, 0.717) is 10.9 Å². The minimum absolute atomic E-state index is 0.000420. The van der Waals surface area contributed by atoms with Crippen LogP contribution >= 0.6 is 0 Å². The molecule has 1 saturated heterocycles. The van der Waals surface area contributed by atoms with Crippen molar-refractivity contribution in [2.45, 2.75) is 32.7 Å². The third-order valence-electron chi connectivity index (χ3n) is 5.81. The van der Waals surface area contributed by atoms with Crippen LogP contribution in [0.1, 0.15) is 35.8 Å². The molecule has 0 radical (unpaired) electrons. The Morgan fingerprint density at radius 1 is 1.08 bits per heavy atom. The van der Waals surface area contributed by atoms with Crippen molar-refractivity contribution < 1.29 is 36.7 Å². The Balaban J connectivity index is 1.63. The number of hydrogen-bond acceptors (Lipinski definition) is 8. The SMILES string of the molecule is COc1ccc(-c2nc(C(=O)N3CCN(C(=O)OC(C)C)CC3)c(CN)o2)c2ccc(C(F)(F)F)nc12. The van der Waals surface area contributed by atoms with Gasteiger partial charge in [0.05, 0.1) is 19.8 Å². The number of piperazine rings is 1. The molecule has 4 rings (SSSR count). The van der Waals surface area contributed by atoms with Crippen LogP contribution in [0.15, 0.2) is 28.7 Å². The van der Waals surface area contributed by atoms with Gasteiger partial charge in [0, 0.05) is 37.1 Å². The highest BCUT2D eigenvalue weighted by atomic mass is 19.4. The molecule has 1 aliphatic rings. The van der Waals surface area contributed by atoms with E-state index in [2.05, 4.69) is 9.97 Å². The van der Waals surface area contributed by atoms with Gasteiger partial charge in [-0.15, -0.1) is 0 Å². The maximum Gasteiger partial charge on any atom is 0.433 e. The summed E-state index contributed by atoms with van der Waals surface area (Å²) in [6.45, 7) is 4.48. The number of benzene rings is 1. The Labute approximate surface area is 210 Å². The molecule has 0 bridgehead atoms. The van der Waals surface area contributed by atoms with Gasteiger partial charge < -0.3 is 29.4 Å². The number of hydrogen-bond donors (Lipinski definition) is 1. The van der Waals surface area contributed by atoms with Crippen molar-refractivity contribution in [1.29, 1.82) is 0 Å². The van der Waals surface area contributed by atoms with E-state index in [9.17, 15) is 22.8 Å². The molecule has 0 unspecified atom stereocenters. The zero-order valence-electron chi connectivity index (χ0n) is 20.5. The molecular formula is C24H26F3N5O5. The Hall–Kier alpha value is -3.87. The first kappa shape index (κ1) is 26.2. The van der Waals surface area contributed by atoms with E-state index in [1.165, 1.54) is 29.0 Å². The summed E-state index contributed by atoms with van der Waals surface area (Å²) in [5.41, 5.74) is 5.04. The van der Waals surface area contributed by atoms with E-state index in [0.717, 1.165) is 6.07 Å². The molecule has 3 aromatic rings. The molecule has 0 spiro atoms. The highest BCUT2D eigenvalue weighted by Gasteiger charge is 2.34. The minimum Gasteiger partial charge on any atom is -0.494 e. The Morgan fingerprint density at radius 3 is 2.35 bits per heavy atom. The fourth-order valence-electron chi connectivity index (χ4n) is 3.99. The number of aromatic nitrogens is 2. The smallest absolute Gasteiger partial charge is 0.433 e. The summed E-state index contributed by atoms with van der Waals surface area (Å²) < 4.78 is 55.9. The van der Waals surface area contributed by atoms with Gasteiger partial charge in [0.2, 0.25) is 5.89 Å². The third kappa shape index (κ3) is 5.31. The number of amides is 2. The number of halogens is 3. The summed E-state index contributed by atoms with van der Waals surface area (Å²) in [7, 11) is 1.33. The van der Waals surface area contributed by atoms with Crippen LogP contribution in [0.5, 0.6) is 5.75 Å². The van der Waals surface area contributed by atoms with Gasteiger partial charge in [0.15, 0.2) is 11.5 Å². The number of ether oxygens (including phenoxy) is 2. The predicted molar refractivity (Wildman–Crippen MR) is 126 cm³/mol. The zero-order chi connectivity index (χ0) is 26.9. The number of methoxy groups -OCH3 is 1. The van der Waals surface area contributed by atoms with Crippen molar-refractivity contribution in [3.8, 4) is 17.2 Å². The van der Waals surface area contributed by atoms with Crippen LogP contribution in [0.4, 0.5) is 18.0 Å². The molecule has 1 fully saturated rings. The molecule has 37 heavy (non-hydrogen) atoms. The molecule has 2 N–H and O–H groups in total. The van der Waals surface area contributed by atoms with Gasteiger partial charge in [0.25, 0.3) is 5.91 Å². The molecule has 0 saturated carbocycles. The Bertz CT molecular complexity index is 1320. The van der Waals surface area contributed by atoms with Crippen LogP contribution in [0, 0.1) is 0 Å². The van der Waals surface area contributed by atoms with E-state index in [-0.39, 0.29) is 67.4 Å². The number of pyridine rings is 1. The highest BCUT2D eigenvalue weighted by Crippen LogP contribution is 2.37. The second-order valence-corrected chi connectivity index (χ2v) is 8.61. The highest BCUT2D eigenvalue weighted by molar-refractivity contribution is 5.98. The molecule has 0 aliphatic carbocycles. The van der Waals surface area contributed by atoms with Gasteiger partial charge in [-0.2, -0.15) is 13.2 Å². The number of alkyl halides is 3. The number of fused-ring (bicyclic) bond motifs is 1. The number of carbonyl (C=O) groups excluding carboxylic acids is 2. The summed E-state index contributed by atoms with van der Waals surface area (Å²) in [4.78, 5) is 36.5. The molecule has 2 amide bonds. The number of nitrogens with two attached hydrogens (primary N) is 1. The molecule has 1 aromatic carbocycles. The molecule has 13 heteroatoms. The minimum atomic E-state index is -4.64. The van der Waals surface area contributed by atoms with E-state index in [1.54, 1.807) is 19.9 Å². The van der Waals surface area contributed by atoms with Crippen LogP contribution in [0.3, 0.4) is 0 Å². The van der Waals surface area contributed by atoms with Crippen LogP contribution in [0.25, 0.3) is 22.4 Å². The van der Waals surface area contributed by atoms with Crippen molar-refractivity contribution in [2.24, 2.45) is 5.73 Å². The number of oxazole rings is 1. The van der Waals surface area contributed by atoms with Crippen LogP contribution in [-0.4, -0.2) is 71.2 Å². The Morgan fingerprint density at radius 2 is 1.76 bits per heavy atom.